The third-order valence-corrected chi connectivity index (χ3v) is 3.65. The molecule has 2 aliphatic rings. The van der Waals surface area contributed by atoms with Crippen LogP contribution in [0.5, 0.6) is 5.75 Å². The summed E-state index contributed by atoms with van der Waals surface area (Å²) in [6, 6.07) is 5.43. The van der Waals surface area contributed by atoms with Crippen molar-refractivity contribution >= 4 is 11.6 Å². The van der Waals surface area contributed by atoms with E-state index >= 15 is 0 Å². The van der Waals surface area contributed by atoms with Gasteiger partial charge in [0, 0.05) is 6.54 Å². The minimum absolute atomic E-state index is 0.0397. The molecule has 100 valence electrons. The second-order valence-electron chi connectivity index (χ2n) is 4.96. The molecule has 0 aliphatic carbocycles. The van der Waals surface area contributed by atoms with Crippen LogP contribution in [0.25, 0.3) is 0 Å². The summed E-state index contributed by atoms with van der Waals surface area (Å²) in [5.74, 6) is 0.144. The first-order chi connectivity index (χ1) is 9.27. The monoisotopic (exact) mass is 259 g/mol. The van der Waals surface area contributed by atoms with Crippen LogP contribution in [0.3, 0.4) is 0 Å². The summed E-state index contributed by atoms with van der Waals surface area (Å²) < 4.78 is 5.24. The normalized spacial score (nSPS) is 18.3. The summed E-state index contributed by atoms with van der Waals surface area (Å²) >= 11 is 0. The van der Waals surface area contributed by atoms with E-state index in [1.165, 1.54) is 0 Å². The zero-order valence-corrected chi connectivity index (χ0v) is 10.8. The van der Waals surface area contributed by atoms with Crippen LogP contribution in [-0.4, -0.2) is 24.2 Å². The van der Waals surface area contributed by atoms with Crippen molar-refractivity contribution in [3.8, 4) is 5.75 Å². The van der Waals surface area contributed by atoms with Gasteiger partial charge in [-0.25, -0.2) is 0 Å². The van der Waals surface area contributed by atoms with E-state index < -0.39 is 0 Å². The van der Waals surface area contributed by atoms with Gasteiger partial charge in [-0.05, 0) is 37.3 Å². The van der Waals surface area contributed by atoms with Gasteiger partial charge in [-0.1, -0.05) is 12.1 Å². The molecule has 0 saturated carbocycles. The van der Waals surface area contributed by atoms with Crippen molar-refractivity contribution in [2.75, 3.05) is 18.1 Å². The van der Waals surface area contributed by atoms with Gasteiger partial charge < -0.3 is 14.7 Å². The summed E-state index contributed by atoms with van der Waals surface area (Å²) in [6.07, 6.45) is 5.02. The van der Waals surface area contributed by atoms with E-state index in [4.69, 9.17) is 4.74 Å². The second-order valence-corrected chi connectivity index (χ2v) is 4.96. The van der Waals surface area contributed by atoms with Crippen LogP contribution in [0, 0.1) is 0 Å². The Morgan fingerprint density at radius 2 is 2.16 bits per heavy atom. The molecular formula is C15H17NO3. The Morgan fingerprint density at radius 3 is 2.95 bits per heavy atom. The van der Waals surface area contributed by atoms with Gasteiger partial charge in [-0.2, -0.15) is 0 Å². The van der Waals surface area contributed by atoms with Crippen molar-refractivity contribution in [1.82, 2.24) is 0 Å². The highest BCUT2D eigenvalue weighted by Gasteiger charge is 2.28. The summed E-state index contributed by atoms with van der Waals surface area (Å²) in [5.41, 5.74) is 2.41. The number of hydrogen-bond acceptors (Lipinski definition) is 3. The first-order valence-corrected chi connectivity index (χ1v) is 6.71. The first-order valence-electron chi connectivity index (χ1n) is 6.71. The molecule has 1 aromatic carbocycles. The molecule has 0 radical (unpaired) electrons. The molecule has 1 N–H and O–H groups in total. The van der Waals surface area contributed by atoms with E-state index in [1.807, 2.05) is 12.1 Å². The van der Waals surface area contributed by atoms with Crippen molar-refractivity contribution in [2.24, 2.45) is 0 Å². The topological polar surface area (TPSA) is 49.8 Å². The Labute approximate surface area is 112 Å². The minimum atomic E-state index is -0.0397. The fraction of sp³-hybridized carbons (Fsp3) is 0.400. The Balaban J connectivity index is 1.95. The first kappa shape index (κ1) is 12.1. The number of phenols is 1. The molecule has 3 rings (SSSR count). The molecule has 1 aromatic rings. The van der Waals surface area contributed by atoms with Crippen LogP contribution in [0.4, 0.5) is 5.69 Å². The number of benzene rings is 1. The quantitative estimate of drug-likeness (QED) is 0.842. The highest BCUT2D eigenvalue weighted by atomic mass is 16.5. The Hall–Kier alpha value is -1.97. The minimum Gasteiger partial charge on any atom is -0.506 e. The lowest BCUT2D eigenvalue weighted by Gasteiger charge is -2.31. The van der Waals surface area contributed by atoms with Gasteiger partial charge in [0.2, 0.25) is 0 Å². The molecule has 0 aromatic heterocycles. The highest BCUT2D eigenvalue weighted by molar-refractivity contribution is 6.07. The largest absolute Gasteiger partial charge is 0.506 e. The molecule has 0 bridgehead atoms. The molecule has 4 heteroatoms. The van der Waals surface area contributed by atoms with Crippen LogP contribution in [0.15, 0.2) is 30.0 Å². The predicted octanol–water partition coefficient (Wildman–Crippen LogP) is 2.37. The number of para-hydroxylation sites is 1. The number of fused-ring (bicyclic) bond motifs is 1. The van der Waals surface area contributed by atoms with E-state index in [2.05, 4.69) is 0 Å². The molecule has 2 heterocycles. The van der Waals surface area contributed by atoms with E-state index in [1.54, 1.807) is 17.2 Å². The van der Waals surface area contributed by atoms with Crippen molar-refractivity contribution < 1.29 is 14.6 Å². The molecule has 0 spiro atoms. The number of anilines is 1. The van der Waals surface area contributed by atoms with Crippen LogP contribution >= 0.6 is 0 Å². The van der Waals surface area contributed by atoms with Gasteiger partial charge in [0.25, 0.3) is 5.91 Å². The van der Waals surface area contributed by atoms with E-state index in [0.29, 0.717) is 24.4 Å². The number of ether oxygens (including phenoxy) is 1. The fourth-order valence-electron chi connectivity index (χ4n) is 2.73. The summed E-state index contributed by atoms with van der Waals surface area (Å²) in [5, 5.41) is 10.0. The van der Waals surface area contributed by atoms with E-state index in [0.717, 1.165) is 31.2 Å². The van der Waals surface area contributed by atoms with Gasteiger partial charge in [0.15, 0.2) is 0 Å². The smallest absolute Gasteiger partial charge is 0.257 e. The number of hydrogen-bond donors (Lipinski definition) is 1. The Kier molecular flexibility index (Phi) is 3.15. The van der Waals surface area contributed by atoms with Crippen LogP contribution in [0.2, 0.25) is 0 Å². The number of rotatable bonds is 1. The maximum absolute atomic E-state index is 12.5. The number of aryl methyl sites for hydroxylation is 1. The zero-order chi connectivity index (χ0) is 13.2. The summed E-state index contributed by atoms with van der Waals surface area (Å²) in [6.45, 7) is 1.33. The lowest BCUT2D eigenvalue weighted by Crippen LogP contribution is -2.37. The lowest BCUT2D eigenvalue weighted by molar-refractivity contribution is -0.115. The van der Waals surface area contributed by atoms with E-state index in [-0.39, 0.29) is 11.7 Å². The number of carbonyl (C=O) groups is 1. The molecule has 0 unspecified atom stereocenters. The number of amides is 1. The maximum Gasteiger partial charge on any atom is 0.257 e. The predicted molar refractivity (Wildman–Crippen MR) is 72.0 cm³/mol. The van der Waals surface area contributed by atoms with Gasteiger partial charge in [0.1, 0.15) is 5.75 Å². The molecule has 1 amide bonds. The molecular weight excluding hydrogens is 242 g/mol. The van der Waals surface area contributed by atoms with E-state index in [9.17, 15) is 9.90 Å². The summed E-state index contributed by atoms with van der Waals surface area (Å²) in [4.78, 5) is 14.2. The average molecular weight is 259 g/mol. The standard InChI is InChI=1S/C15H17NO3/c17-13-7-1-4-11-5-2-8-16(14(11)13)15(18)12-6-3-9-19-10-12/h1,4,7,10,17H,2-3,5-6,8-9H2. The molecule has 19 heavy (non-hydrogen) atoms. The molecule has 2 aliphatic heterocycles. The van der Waals surface area contributed by atoms with Gasteiger partial charge in [-0.15, -0.1) is 0 Å². The van der Waals surface area contributed by atoms with Crippen molar-refractivity contribution in [2.45, 2.75) is 25.7 Å². The zero-order valence-electron chi connectivity index (χ0n) is 10.8. The van der Waals surface area contributed by atoms with Crippen LogP contribution in [0.1, 0.15) is 24.8 Å². The molecule has 0 atom stereocenters. The van der Waals surface area contributed by atoms with Crippen molar-refractivity contribution in [1.29, 1.82) is 0 Å². The van der Waals surface area contributed by atoms with Gasteiger partial charge in [0.05, 0.1) is 24.1 Å². The van der Waals surface area contributed by atoms with Gasteiger partial charge in [-0.3, -0.25) is 4.79 Å². The number of phenolic OH excluding ortho intramolecular Hbond substituents is 1. The Morgan fingerprint density at radius 1 is 1.26 bits per heavy atom. The highest BCUT2D eigenvalue weighted by Crippen LogP contribution is 2.36. The molecule has 0 saturated heterocycles. The summed E-state index contributed by atoms with van der Waals surface area (Å²) in [7, 11) is 0. The van der Waals surface area contributed by atoms with Crippen molar-refractivity contribution in [3.63, 3.8) is 0 Å². The average Bonchev–Trinajstić information content (AvgIpc) is 2.47. The third kappa shape index (κ3) is 2.18. The number of nitrogens with zero attached hydrogens (tertiary/aromatic N) is 1. The SMILES string of the molecule is O=C(C1=COCCC1)N1CCCc2cccc(O)c21. The maximum atomic E-state index is 12.5. The molecule has 0 fully saturated rings. The molecule has 4 nitrogen and oxygen atoms in total. The number of aromatic hydroxyl groups is 1. The van der Waals surface area contributed by atoms with Crippen molar-refractivity contribution in [3.05, 3.63) is 35.6 Å². The van der Waals surface area contributed by atoms with Gasteiger partial charge >= 0.3 is 0 Å². The Bertz CT molecular complexity index is 536. The second kappa shape index (κ2) is 4.96. The fourth-order valence-corrected chi connectivity index (χ4v) is 2.73. The third-order valence-electron chi connectivity index (χ3n) is 3.65. The lowest BCUT2D eigenvalue weighted by atomic mass is 9.99. The van der Waals surface area contributed by atoms with Crippen LogP contribution < -0.4 is 4.90 Å². The number of carbonyl (C=O) groups excluding carboxylic acids is 1. The van der Waals surface area contributed by atoms with Crippen LogP contribution in [-0.2, 0) is 16.0 Å².